The molecule has 3 rings (SSSR count). The van der Waals surface area contributed by atoms with Gasteiger partial charge in [0, 0.05) is 51.4 Å². The van der Waals surface area contributed by atoms with E-state index in [1.165, 1.54) is 0 Å². The molecule has 3 heterocycles. The predicted octanol–water partition coefficient (Wildman–Crippen LogP) is 1.48. The number of hydrogen-bond donors (Lipinski definition) is 2. The summed E-state index contributed by atoms with van der Waals surface area (Å²) in [5, 5.41) is 6.78. The van der Waals surface area contributed by atoms with Crippen LogP contribution < -0.4 is 10.6 Å². The molecule has 8 nitrogen and oxygen atoms in total. The molecule has 0 spiro atoms. The van der Waals surface area contributed by atoms with Gasteiger partial charge < -0.3 is 29.3 Å². The Kier molecular flexibility index (Phi) is 9.78. The Labute approximate surface area is 174 Å². The maximum atomic E-state index is 5.65. The summed E-state index contributed by atoms with van der Waals surface area (Å²) in [6.45, 7) is 11.0. The molecule has 29 heavy (non-hydrogen) atoms. The van der Waals surface area contributed by atoms with Gasteiger partial charge in [-0.2, -0.15) is 0 Å². The van der Waals surface area contributed by atoms with Gasteiger partial charge in [-0.15, -0.1) is 0 Å². The van der Waals surface area contributed by atoms with Crippen molar-refractivity contribution in [3.8, 4) is 0 Å². The summed E-state index contributed by atoms with van der Waals surface area (Å²) < 4.78 is 22.1. The lowest BCUT2D eigenvalue weighted by molar-refractivity contribution is 0.00368. The molecule has 0 radical (unpaired) electrons. The normalized spacial score (nSPS) is 22.0. The third-order valence-corrected chi connectivity index (χ3v) is 5.39. The van der Waals surface area contributed by atoms with Crippen LogP contribution in [0.4, 0.5) is 0 Å². The number of nitrogens with zero attached hydrogens (tertiary/aromatic N) is 2. The van der Waals surface area contributed by atoms with Crippen molar-refractivity contribution >= 4 is 5.96 Å². The van der Waals surface area contributed by atoms with Crippen LogP contribution in [0.3, 0.4) is 0 Å². The van der Waals surface area contributed by atoms with Gasteiger partial charge in [-0.3, -0.25) is 9.89 Å². The number of guanidine groups is 1. The van der Waals surface area contributed by atoms with Crippen LogP contribution in [-0.2, 0) is 20.8 Å². The first-order valence-electron chi connectivity index (χ1n) is 10.9. The fraction of sp³-hybridized carbons (Fsp3) is 0.762. The van der Waals surface area contributed by atoms with Crippen molar-refractivity contribution < 1.29 is 18.6 Å². The minimum absolute atomic E-state index is 0.411. The highest BCUT2D eigenvalue weighted by Crippen LogP contribution is 2.22. The number of morpholine rings is 1. The van der Waals surface area contributed by atoms with Crippen molar-refractivity contribution in [1.29, 1.82) is 0 Å². The molecule has 2 fully saturated rings. The fourth-order valence-corrected chi connectivity index (χ4v) is 3.80. The third kappa shape index (κ3) is 7.62. The van der Waals surface area contributed by atoms with Crippen molar-refractivity contribution in [2.24, 2.45) is 10.9 Å². The van der Waals surface area contributed by atoms with E-state index in [9.17, 15) is 0 Å². The highest BCUT2D eigenvalue weighted by atomic mass is 16.5. The molecular weight excluding hydrogens is 372 g/mol. The maximum absolute atomic E-state index is 5.65. The molecule has 0 aliphatic carbocycles. The molecule has 2 atom stereocenters. The molecular formula is C21H36N4O4. The van der Waals surface area contributed by atoms with Crippen molar-refractivity contribution in [3.05, 3.63) is 24.2 Å². The van der Waals surface area contributed by atoms with Gasteiger partial charge in [0.1, 0.15) is 12.4 Å². The van der Waals surface area contributed by atoms with Crippen molar-refractivity contribution in [2.75, 3.05) is 65.8 Å². The Bertz CT molecular complexity index is 569. The van der Waals surface area contributed by atoms with E-state index < -0.39 is 0 Å². The Morgan fingerprint density at radius 3 is 2.90 bits per heavy atom. The topological polar surface area (TPSA) is 80.5 Å². The lowest BCUT2D eigenvalue weighted by atomic mass is 9.97. The second-order valence-electron chi connectivity index (χ2n) is 7.47. The first kappa shape index (κ1) is 22.1. The van der Waals surface area contributed by atoms with E-state index in [0.29, 0.717) is 25.2 Å². The number of rotatable bonds is 11. The van der Waals surface area contributed by atoms with Gasteiger partial charge >= 0.3 is 0 Å². The average molecular weight is 409 g/mol. The van der Waals surface area contributed by atoms with Gasteiger partial charge in [-0.1, -0.05) is 0 Å². The summed E-state index contributed by atoms with van der Waals surface area (Å²) in [5.74, 6) is 2.28. The van der Waals surface area contributed by atoms with Crippen LogP contribution in [0.2, 0.25) is 0 Å². The van der Waals surface area contributed by atoms with Gasteiger partial charge in [0.05, 0.1) is 32.6 Å². The second kappa shape index (κ2) is 12.8. The Balaban J connectivity index is 1.42. The summed E-state index contributed by atoms with van der Waals surface area (Å²) in [6.07, 6.45) is 3.70. The van der Waals surface area contributed by atoms with E-state index in [1.54, 1.807) is 6.26 Å². The molecule has 2 saturated heterocycles. The molecule has 1 aromatic rings. The predicted molar refractivity (Wildman–Crippen MR) is 112 cm³/mol. The van der Waals surface area contributed by atoms with Crippen molar-refractivity contribution in [1.82, 2.24) is 15.5 Å². The Morgan fingerprint density at radius 1 is 1.28 bits per heavy atom. The van der Waals surface area contributed by atoms with Gasteiger partial charge in [-0.25, -0.2) is 0 Å². The Morgan fingerprint density at radius 2 is 2.17 bits per heavy atom. The highest BCUT2D eigenvalue weighted by molar-refractivity contribution is 5.79. The Hall–Kier alpha value is -1.61. The molecule has 2 aliphatic heterocycles. The standard InChI is InChI=1S/C21H36N4O4/c1-2-22-21(23-7-4-10-27-17-19-5-3-11-29-19)24-15-20(18-6-12-28-16-18)25-8-13-26-14-9-25/h3,5,11,18,20H,2,4,6-10,12-17H2,1H3,(H2,22,23,24). The summed E-state index contributed by atoms with van der Waals surface area (Å²) in [6, 6.07) is 4.21. The van der Waals surface area contributed by atoms with Crippen LogP contribution in [0.1, 0.15) is 25.5 Å². The minimum atomic E-state index is 0.411. The van der Waals surface area contributed by atoms with Crippen molar-refractivity contribution in [3.63, 3.8) is 0 Å². The first-order chi connectivity index (χ1) is 14.4. The van der Waals surface area contributed by atoms with E-state index in [4.69, 9.17) is 23.6 Å². The van der Waals surface area contributed by atoms with Crippen LogP contribution in [0.25, 0.3) is 0 Å². The molecule has 8 heteroatoms. The quantitative estimate of drug-likeness (QED) is 0.326. The zero-order chi connectivity index (χ0) is 20.2. The van der Waals surface area contributed by atoms with Gasteiger partial charge in [0.25, 0.3) is 0 Å². The molecule has 0 aromatic carbocycles. The SMILES string of the molecule is CCNC(=NCC(C1CCOC1)N1CCOCC1)NCCCOCc1ccco1. The van der Waals surface area contributed by atoms with Crippen molar-refractivity contribution in [2.45, 2.75) is 32.4 Å². The molecule has 0 bridgehead atoms. The largest absolute Gasteiger partial charge is 0.467 e. The number of aliphatic imine (C=N–C) groups is 1. The van der Waals surface area contributed by atoms with Gasteiger partial charge in [-0.05, 0) is 31.9 Å². The van der Waals surface area contributed by atoms with Gasteiger partial charge in [0.15, 0.2) is 5.96 Å². The zero-order valence-corrected chi connectivity index (χ0v) is 17.6. The molecule has 2 aliphatic rings. The van der Waals surface area contributed by atoms with Gasteiger partial charge in [0.2, 0.25) is 0 Å². The number of ether oxygens (including phenoxy) is 3. The third-order valence-electron chi connectivity index (χ3n) is 5.39. The van der Waals surface area contributed by atoms with Crippen LogP contribution in [0.15, 0.2) is 27.8 Å². The first-order valence-corrected chi connectivity index (χ1v) is 10.9. The van der Waals surface area contributed by atoms with Crippen LogP contribution in [-0.4, -0.2) is 82.7 Å². The summed E-state index contributed by atoms with van der Waals surface area (Å²) in [7, 11) is 0. The van der Waals surface area contributed by atoms with E-state index in [1.807, 2.05) is 12.1 Å². The molecule has 2 unspecified atom stereocenters. The number of nitrogens with one attached hydrogen (secondary N) is 2. The van der Waals surface area contributed by atoms with Crippen LogP contribution in [0.5, 0.6) is 0 Å². The highest BCUT2D eigenvalue weighted by Gasteiger charge is 2.31. The molecule has 1 aromatic heterocycles. The lowest BCUT2D eigenvalue weighted by Crippen LogP contribution is -2.49. The number of furan rings is 1. The van der Waals surface area contributed by atoms with Crippen LogP contribution >= 0.6 is 0 Å². The summed E-state index contributed by atoms with van der Waals surface area (Å²) in [4.78, 5) is 7.42. The van der Waals surface area contributed by atoms with Crippen LogP contribution in [0, 0.1) is 5.92 Å². The smallest absolute Gasteiger partial charge is 0.191 e. The van der Waals surface area contributed by atoms with E-state index in [0.717, 1.165) is 83.7 Å². The maximum Gasteiger partial charge on any atom is 0.191 e. The molecule has 164 valence electrons. The summed E-state index contributed by atoms with van der Waals surface area (Å²) in [5.41, 5.74) is 0. The van der Waals surface area contributed by atoms with E-state index in [2.05, 4.69) is 22.5 Å². The monoisotopic (exact) mass is 408 g/mol. The molecule has 0 amide bonds. The fourth-order valence-electron chi connectivity index (χ4n) is 3.80. The average Bonchev–Trinajstić information content (AvgIpc) is 3.46. The lowest BCUT2D eigenvalue weighted by Gasteiger charge is -2.36. The molecule has 2 N–H and O–H groups in total. The minimum Gasteiger partial charge on any atom is -0.467 e. The second-order valence-corrected chi connectivity index (χ2v) is 7.47. The van der Waals surface area contributed by atoms with E-state index >= 15 is 0 Å². The zero-order valence-electron chi connectivity index (χ0n) is 17.6. The molecule has 0 saturated carbocycles. The number of hydrogen-bond acceptors (Lipinski definition) is 6. The van der Waals surface area contributed by atoms with E-state index in [-0.39, 0.29) is 0 Å². The summed E-state index contributed by atoms with van der Waals surface area (Å²) >= 11 is 0.